The quantitative estimate of drug-likeness (QED) is 0.920. The number of para-hydroxylation sites is 1. The maximum Gasteiger partial charge on any atom is 0.262 e. The van der Waals surface area contributed by atoms with Gasteiger partial charge >= 0.3 is 0 Å². The molecule has 0 spiro atoms. The second-order valence-corrected chi connectivity index (χ2v) is 4.71. The molecule has 0 saturated heterocycles. The molecule has 3 nitrogen and oxygen atoms in total. The van der Waals surface area contributed by atoms with Gasteiger partial charge in [-0.1, -0.05) is 35.3 Å². The van der Waals surface area contributed by atoms with Crippen LogP contribution in [0.5, 0.6) is 5.75 Å². The van der Waals surface area contributed by atoms with Gasteiger partial charge in [-0.25, -0.2) is 4.39 Å². The summed E-state index contributed by atoms with van der Waals surface area (Å²) in [5, 5.41) is 2.98. The van der Waals surface area contributed by atoms with E-state index in [1.165, 1.54) is 18.2 Å². The number of anilines is 1. The lowest BCUT2D eigenvalue weighted by Gasteiger charge is -2.09. The summed E-state index contributed by atoms with van der Waals surface area (Å²) in [4.78, 5) is 11.7. The Balaban J connectivity index is 1.92. The van der Waals surface area contributed by atoms with E-state index in [4.69, 9.17) is 27.9 Å². The number of nitrogens with one attached hydrogen (secondary N) is 1. The molecule has 0 aliphatic rings. The van der Waals surface area contributed by atoms with Crippen molar-refractivity contribution < 1.29 is 13.9 Å². The minimum atomic E-state index is -0.542. The Bertz CT molecular complexity index is 634. The average molecular weight is 314 g/mol. The van der Waals surface area contributed by atoms with E-state index in [0.29, 0.717) is 16.5 Å². The molecule has 0 aliphatic carbocycles. The molecule has 1 N–H and O–H groups in total. The van der Waals surface area contributed by atoms with Gasteiger partial charge in [0.05, 0.1) is 15.7 Å². The van der Waals surface area contributed by atoms with Crippen LogP contribution < -0.4 is 10.1 Å². The monoisotopic (exact) mass is 313 g/mol. The number of ether oxygens (including phenoxy) is 1. The summed E-state index contributed by atoms with van der Waals surface area (Å²) in [7, 11) is 0. The van der Waals surface area contributed by atoms with Crippen LogP contribution in [0.25, 0.3) is 0 Å². The van der Waals surface area contributed by atoms with Crippen LogP contribution >= 0.6 is 23.2 Å². The van der Waals surface area contributed by atoms with Crippen LogP contribution in [0.2, 0.25) is 10.0 Å². The highest BCUT2D eigenvalue weighted by Gasteiger charge is 2.07. The van der Waals surface area contributed by atoms with Crippen LogP contribution in [0.1, 0.15) is 0 Å². The maximum atomic E-state index is 12.9. The molecule has 1 amide bonds. The zero-order chi connectivity index (χ0) is 14.5. The van der Waals surface area contributed by atoms with Gasteiger partial charge in [-0.05, 0) is 24.3 Å². The first-order valence-electron chi connectivity index (χ1n) is 5.68. The van der Waals surface area contributed by atoms with Crippen molar-refractivity contribution in [1.29, 1.82) is 0 Å². The van der Waals surface area contributed by atoms with E-state index in [-0.39, 0.29) is 17.5 Å². The number of hydrogen-bond donors (Lipinski definition) is 1. The summed E-state index contributed by atoms with van der Waals surface area (Å²) >= 11 is 11.5. The summed E-state index contributed by atoms with van der Waals surface area (Å²) in [5.74, 6) is -0.608. The molecule has 2 aromatic carbocycles. The third-order valence-electron chi connectivity index (χ3n) is 2.41. The van der Waals surface area contributed by atoms with Crippen LogP contribution in [-0.4, -0.2) is 12.5 Å². The number of carbonyl (C=O) groups excluding carboxylic acids is 1. The molecule has 20 heavy (non-hydrogen) atoms. The van der Waals surface area contributed by atoms with Crippen molar-refractivity contribution in [2.24, 2.45) is 0 Å². The number of rotatable bonds is 4. The van der Waals surface area contributed by atoms with E-state index in [9.17, 15) is 9.18 Å². The number of hydrogen-bond acceptors (Lipinski definition) is 2. The van der Waals surface area contributed by atoms with Gasteiger partial charge in [0.15, 0.2) is 6.61 Å². The molecule has 2 rings (SSSR count). The van der Waals surface area contributed by atoms with Gasteiger partial charge in [0.25, 0.3) is 5.91 Å². The molecule has 0 atom stereocenters. The van der Waals surface area contributed by atoms with Crippen LogP contribution in [0.4, 0.5) is 10.1 Å². The molecule has 0 aromatic heterocycles. The van der Waals surface area contributed by atoms with E-state index in [2.05, 4.69) is 5.32 Å². The topological polar surface area (TPSA) is 38.3 Å². The van der Waals surface area contributed by atoms with Crippen molar-refractivity contribution in [3.05, 3.63) is 58.3 Å². The second-order valence-electron chi connectivity index (χ2n) is 3.89. The SMILES string of the molecule is O=C(COc1ccc(F)c(Cl)c1)Nc1ccccc1Cl. The minimum absolute atomic E-state index is 0.0611. The van der Waals surface area contributed by atoms with Crippen LogP contribution in [-0.2, 0) is 4.79 Å². The lowest BCUT2D eigenvalue weighted by Crippen LogP contribution is -2.20. The van der Waals surface area contributed by atoms with Crippen molar-refractivity contribution in [3.8, 4) is 5.75 Å². The Morgan fingerprint density at radius 2 is 1.90 bits per heavy atom. The van der Waals surface area contributed by atoms with Crippen molar-refractivity contribution in [2.75, 3.05) is 11.9 Å². The van der Waals surface area contributed by atoms with Gasteiger partial charge in [0, 0.05) is 6.07 Å². The predicted octanol–water partition coefficient (Wildman–Crippen LogP) is 4.15. The van der Waals surface area contributed by atoms with Gasteiger partial charge in [0.2, 0.25) is 0 Å². The molecule has 104 valence electrons. The summed E-state index contributed by atoms with van der Waals surface area (Å²) in [6, 6.07) is 10.7. The zero-order valence-electron chi connectivity index (χ0n) is 10.2. The van der Waals surface area contributed by atoms with Gasteiger partial charge in [-0.3, -0.25) is 4.79 Å². The molecule has 0 saturated carbocycles. The lowest BCUT2D eigenvalue weighted by atomic mass is 10.3. The molecule has 0 bridgehead atoms. The second kappa shape index (κ2) is 6.59. The van der Waals surface area contributed by atoms with Crippen LogP contribution in [0.3, 0.4) is 0 Å². The normalized spacial score (nSPS) is 10.2. The number of amides is 1. The molecule has 0 fully saturated rings. The summed E-state index contributed by atoms with van der Waals surface area (Å²) in [5.41, 5.74) is 0.500. The average Bonchev–Trinajstić information content (AvgIpc) is 2.43. The van der Waals surface area contributed by atoms with E-state index in [0.717, 1.165) is 0 Å². The van der Waals surface area contributed by atoms with Crippen LogP contribution in [0.15, 0.2) is 42.5 Å². The highest BCUT2D eigenvalue weighted by atomic mass is 35.5. The van der Waals surface area contributed by atoms with Gasteiger partial charge in [0.1, 0.15) is 11.6 Å². The molecule has 0 heterocycles. The standard InChI is InChI=1S/C14H10Cl2FNO2/c15-10-3-1-2-4-13(10)18-14(19)8-20-9-5-6-12(17)11(16)7-9/h1-7H,8H2,(H,18,19). The summed E-state index contributed by atoms with van der Waals surface area (Å²) in [6.07, 6.45) is 0. The zero-order valence-corrected chi connectivity index (χ0v) is 11.7. The molecule has 0 unspecified atom stereocenters. The molecule has 0 aliphatic heterocycles. The Labute approximate surface area is 125 Å². The van der Waals surface area contributed by atoms with Gasteiger partial charge in [-0.2, -0.15) is 0 Å². The van der Waals surface area contributed by atoms with Crippen molar-refractivity contribution in [1.82, 2.24) is 0 Å². The number of halogens is 3. The van der Waals surface area contributed by atoms with E-state index >= 15 is 0 Å². The van der Waals surface area contributed by atoms with Crippen molar-refractivity contribution >= 4 is 34.8 Å². The largest absolute Gasteiger partial charge is 0.484 e. The Hall–Kier alpha value is -1.78. The molecular formula is C14H10Cl2FNO2. The predicted molar refractivity (Wildman–Crippen MR) is 77.0 cm³/mol. The highest BCUT2D eigenvalue weighted by molar-refractivity contribution is 6.33. The van der Waals surface area contributed by atoms with E-state index < -0.39 is 5.82 Å². The minimum Gasteiger partial charge on any atom is -0.484 e. The fourth-order valence-corrected chi connectivity index (χ4v) is 1.82. The van der Waals surface area contributed by atoms with Crippen molar-refractivity contribution in [3.63, 3.8) is 0 Å². The maximum absolute atomic E-state index is 12.9. The summed E-state index contributed by atoms with van der Waals surface area (Å²) < 4.78 is 18.2. The fourth-order valence-electron chi connectivity index (χ4n) is 1.46. The molecule has 2 aromatic rings. The molecule has 6 heteroatoms. The first-order valence-corrected chi connectivity index (χ1v) is 6.44. The highest BCUT2D eigenvalue weighted by Crippen LogP contribution is 2.22. The third kappa shape index (κ3) is 3.85. The Kier molecular flexibility index (Phi) is 4.82. The Morgan fingerprint density at radius 3 is 2.60 bits per heavy atom. The van der Waals surface area contributed by atoms with E-state index in [1.807, 2.05) is 0 Å². The molecule has 0 radical (unpaired) electrons. The number of carbonyl (C=O) groups is 1. The fraction of sp³-hybridized carbons (Fsp3) is 0.0714. The first-order chi connectivity index (χ1) is 9.56. The smallest absolute Gasteiger partial charge is 0.262 e. The van der Waals surface area contributed by atoms with Crippen LogP contribution in [0, 0.1) is 5.82 Å². The van der Waals surface area contributed by atoms with Gasteiger partial charge in [-0.15, -0.1) is 0 Å². The Morgan fingerprint density at radius 1 is 1.15 bits per heavy atom. The van der Waals surface area contributed by atoms with Gasteiger partial charge < -0.3 is 10.1 Å². The van der Waals surface area contributed by atoms with Crippen molar-refractivity contribution in [2.45, 2.75) is 0 Å². The number of benzene rings is 2. The summed E-state index contributed by atoms with van der Waals surface area (Å²) in [6.45, 7) is -0.229. The molecular weight excluding hydrogens is 304 g/mol. The first kappa shape index (κ1) is 14.6. The lowest BCUT2D eigenvalue weighted by molar-refractivity contribution is -0.118. The third-order valence-corrected chi connectivity index (χ3v) is 3.03. The van der Waals surface area contributed by atoms with E-state index in [1.54, 1.807) is 24.3 Å².